The molecule has 1 aromatic carbocycles. The van der Waals surface area contributed by atoms with Crippen LogP contribution >= 0.6 is 23.4 Å². The first-order valence-electron chi connectivity index (χ1n) is 6.38. The number of fused-ring (bicyclic) bond motifs is 1. The van der Waals surface area contributed by atoms with Crippen molar-refractivity contribution in [3.63, 3.8) is 0 Å². The zero-order chi connectivity index (χ0) is 15.7. The fourth-order valence-electron chi connectivity index (χ4n) is 2.06. The zero-order valence-corrected chi connectivity index (χ0v) is 13.1. The van der Waals surface area contributed by atoms with E-state index in [9.17, 15) is 10.1 Å². The summed E-state index contributed by atoms with van der Waals surface area (Å²) < 4.78 is 1.93. The molecule has 3 rings (SSSR count). The molecule has 0 aliphatic heterocycles. The van der Waals surface area contributed by atoms with Gasteiger partial charge in [0.1, 0.15) is 10.5 Å². The van der Waals surface area contributed by atoms with Gasteiger partial charge >= 0.3 is 0 Å². The van der Waals surface area contributed by atoms with Gasteiger partial charge in [0.2, 0.25) is 0 Å². The molecule has 0 N–H and O–H groups in total. The molecule has 6 nitrogen and oxygen atoms in total. The van der Waals surface area contributed by atoms with Crippen LogP contribution in [0.15, 0.2) is 41.8 Å². The lowest BCUT2D eigenvalue weighted by Crippen LogP contribution is -1.91. The monoisotopic (exact) mass is 334 g/mol. The maximum absolute atomic E-state index is 10.7. The summed E-state index contributed by atoms with van der Waals surface area (Å²) in [5, 5.41) is 11.9. The smallest absolute Gasteiger partial charge is 0.270 e. The molecule has 22 heavy (non-hydrogen) atoms. The van der Waals surface area contributed by atoms with E-state index >= 15 is 0 Å². The Hall–Kier alpha value is -2.12. The molecule has 0 unspecified atom stereocenters. The van der Waals surface area contributed by atoms with E-state index in [0.717, 1.165) is 21.6 Å². The first-order valence-corrected chi connectivity index (χ1v) is 7.74. The Morgan fingerprint density at radius 2 is 2.18 bits per heavy atom. The van der Waals surface area contributed by atoms with Crippen molar-refractivity contribution in [2.45, 2.75) is 10.8 Å². The van der Waals surface area contributed by atoms with Crippen molar-refractivity contribution in [3.8, 4) is 0 Å². The Morgan fingerprint density at radius 1 is 1.36 bits per heavy atom. The van der Waals surface area contributed by atoms with Gasteiger partial charge in [0.15, 0.2) is 0 Å². The van der Waals surface area contributed by atoms with E-state index in [-0.39, 0.29) is 5.69 Å². The summed E-state index contributed by atoms with van der Waals surface area (Å²) in [4.78, 5) is 18.9. The molecule has 112 valence electrons. The summed E-state index contributed by atoms with van der Waals surface area (Å²) in [5.74, 6) is 0.569. The number of aromatic nitrogens is 3. The van der Waals surface area contributed by atoms with Crippen LogP contribution in [-0.4, -0.2) is 19.5 Å². The average molecular weight is 335 g/mol. The lowest BCUT2D eigenvalue weighted by Gasteiger charge is -2.05. The van der Waals surface area contributed by atoms with Crippen molar-refractivity contribution < 1.29 is 4.92 Å². The first-order chi connectivity index (χ1) is 10.6. The van der Waals surface area contributed by atoms with E-state index in [1.807, 2.05) is 17.7 Å². The molecular formula is C14H11ClN4O2S. The molecular weight excluding hydrogens is 324 g/mol. The average Bonchev–Trinajstić information content (AvgIpc) is 2.88. The molecule has 3 aromatic rings. The molecule has 8 heteroatoms. The van der Waals surface area contributed by atoms with Gasteiger partial charge in [-0.2, -0.15) is 0 Å². The molecule has 0 fully saturated rings. The molecule has 0 spiro atoms. The quantitative estimate of drug-likeness (QED) is 0.412. The number of halogens is 1. The van der Waals surface area contributed by atoms with Gasteiger partial charge in [0.25, 0.3) is 5.69 Å². The predicted molar refractivity (Wildman–Crippen MR) is 86.2 cm³/mol. The van der Waals surface area contributed by atoms with E-state index in [2.05, 4.69) is 9.97 Å². The van der Waals surface area contributed by atoms with E-state index in [1.54, 1.807) is 18.6 Å². The standard InChI is InChI=1S/C14H11ClN4O2S/c1-18-8-17-13-12(18)4-5-16-14(13)22-7-9-2-3-10(19(20)21)6-11(9)15/h2-6,8H,7H2,1H3. The highest BCUT2D eigenvalue weighted by Gasteiger charge is 2.12. The van der Waals surface area contributed by atoms with Gasteiger partial charge in [-0.25, -0.2) is 9.97 Å². The summed E-state index contributed by atoms with van der Waals surface area (Å²) in [6, 6.07) is 6.40. The number of nitrogens with zero attached hydrogens (tertiary/aromatic N) is 4. The Labute approximate surface area is 135 Å². The summed E-state index contributed by atoms with van der Waals surface area (Å²) >= 11 is 7.61. The molecule has 0 saturated carbocycles. The molecule has 0 atom stereocenters. The fourth-order valence-corrected chi connectivity index (χ4v) is 3.35. The molecule has 0 aliphatic carbocycles. The second-order valence-corrected chi connectivity index (χ2v) is 6.03. The highest BCUT2D eigenvalue weighted by Crippen LogP contribution is 2.31. The van der Waals surface area contributed by atoms with Crippen LogP contribution in [0.4, 0.5) is 5.69 Å². The maximum atomic E-state index is 10.7. The molecule has 2 aromatic heterocycles. The van der Waals surface area contributed by atoms with Crippen molar-refractivity contribution >= 4 is 40.1 Å². The highest BCUT2D eigenvalue weighted by atomic mass is 35.5. The highest BCUT2D eigenvalue weighted by molar-refractivity contribution is 7.98. The van der Waals surface area contributed by atoms with Crippen LogP contribution < -0.4 is 0 Å². The van der Waals surface area contributed by atoms with E-state index in [1.165, 1.54) is 23.9 Å². The van der Waals surface area contributed by atoms with Gasteiger partial charge in [-0.3, -0.25) is 10.1 Å². The second-order valence-electron chi connectivity index (χ2n) is 4.66. The molecule has 2 heterocycles. The molecule has 0 radical (unpaired) electrons. The summed E-state index contributed by atoms with van der Waals surface area (Å²) in [6.45, 7) is 0. The minimum absolute atomic E-state index is 0.0105. The van der Waals surface area contributed by atoms with Crippen LogP contribution in [0.3, 0.4) is 0 Å². The van der Waals surface area contributed by atoms with Crippen LogP contribution in [0.2, 0.25) is 5.02 Å². The number of nitro groups is 1. The van der Waals surface area contributed by atoms with E-state index < -0.39 is 4.92 Å². The van der Waals surface area contributed by atoms with Gasteiger partial charge in [-0.1, -0.05) is 23.4 Å². The topological polar surface area (TPSA) is 73.8 Å². The lowest BCUT2D eigenvalue weighted by atomic mass is 10.2. The van der Waals surface area contributed by atoms with Crippen molar-refractivity contribution in [2.75, 3.05) is 0 Å². The number of hydrogen-bond donors (Lipinski definition) is 0. The number of hydrogen-bond acceptors (Lipinski definition) is 5. The van der Waals surface area contributed by atoms with Crippen LogP contribution in [0.1, 0.15) is 5.56 Å². The Bertz CT molecular complexity index is 865. The van der Waals surface area contributed by atoms with Crippen LogP contribution in [0.5, 0.6) is 0 Å². The minimum Gasteiger partial charge on any atom is -0.334 e. The summed E-state index contributed by atoms with van der Waals surface area (Å²) in [5.41, 5.74) is 2.66. The fraction of sp³-hybridized carbons (Fsp3) is 0.143. The number of non-ortho nitro benzene ring substituents is 1. The lowest BCUT2D eigenvalue weighted by molar-refractivity contribution is -0.384. The van der Waals surface area contributed by atoms with Crippen molar-refractivity contribution in [1.82, 2.24) is 14.5 Å². The number of benzene rings is 1. The summed E-state index contributed by atoms with van der Waals surface area (Å²) in [7, 11) is 1.93. The SMILES string of the molecule is Cn1cnc2c(SCc3ccc([N+](=O)[O-])cc3Cl)nccc21. The first kappa shape index (κ1) is 14.8. The van der Waals surface area contributed by atoms with Gasteiger partial charge < -0.3 is 4.57 Å². The van der Waals surface area contributed by atoms with Gasteiger partial charge in [-0.15, -0.1) is 0 Å². The predicted octanol–water partition coefficient (Wildman–Crippen LogP) is 3.82. The summed E-state index contributed by atoms with van der Waals surface area (Å²) in [6.07, 6.45) is 3.49. The third-order valence-corrected chi connectivity index (χ3v) is 4.60. The van der Waals surface area contributed by atoms with Crippen LogP contribution in [0, 0.1) is 10.1 Å². The van der Waals surface area contributed by atoms with Crippen molar-refractivity contribution in [1.29, 1.82) is 0 Å². The van der Waals surface area contributed by atoms with E-state index in [4.69, 9.17) is 11.6 Å². The maximum Gasteiger partial charge on any atom is 0.270 e. The Morgan fingerprint density at radius 3 is 2.91 bits per heavy atom. The van der Waals surface area contributed by atoms with Crippen LogP contribution in [-0.2, 0) is 12.8 Å². The number of aryl methyl sites for hydroxylation is 1. The number of nitro benzene ring substituents is 1. The molecule has 0 amide bonds. The number of thioether (sulfide) groups is 1. The third-order valence-electron chi connectivity index (χ3n) is 3.22. The molecule has 0 saturated heterocycles. The van der Waals surface area contributed by atoms with Gasteiger partial charge in [0.05, 0.1) is 21.8 Å². The van der Waals surface area contributed by atoms with Crippen molar-refractivity contribution in [2.24, 2.45) is 7.05 Å². The Balaban J connectivity index is 1.84. The van der Waals surface area contributed by atoms with Crippen LogP contribution in [0.25, 0.3) is 11.0 Å². The molecule has 0 bridgehead atoms. The third kappa shape index (κ3) is 2.77. The second kappa shape index (κ2) is 5.94. The van der Waals surface area contributed by atoms with E-state index in [0.29, 0.717) is 10.8 Å². The minimum atomic E-state index is -0.459. The largest absolute Gasteiger partial charge is 0.334 e. The number of imidazole rings is 1. The Kier molecular flexibility index (Phi) is 4.00. The zero-order valence-electron chi connectivity index (χ0n) is 11.6. The van der Waals surface area contributed by atoms with Gasteiger partial charge in [0, 0.05) is 31.1 Å². The number of pyridine rings is 1. The van der Waals surface area contributed by atoms with Gasteiger partial charge in [-0.05, 0) is 17.7 Å². The molecule has 0 aliphatic rings. The van der Waals surface area contributed by atoms with Crippen molar-refractivity contribution in [3.05, 3.63) is 57.5 Å². The normalized spacial score (nSPS) is 11.0. The number of rotatable bonds is 4.